The smallest absolute Gasteiger partial charge is 0.258 e. The number of hydrogen-bond donors (Lipinski definition) is 0. The molecule has 132 valence electrons. The van der Waals surface area contributed by atoms with E-state index in [9.17, 15) is 0 Å². The number of hydrogen-bond acceptors (Lipinski definition) is 5. The molecule has 0 aliphatic heterocycles. The minimum absolute atomic E-state index is 0.441. The standard InChI is InChI=1S/C21H16N4O2/c1-26-17-9-7-16(8-10-17)19-18(15-5-3-14(13-22)4-6-15)24-21(27-2)20-23-11-12-25(19)20/h3-12H,1-2H3. The summed E-state index contributed by atoms with van der Waals surface area (Å²) in [6, 6.07) is 17.2. The lowest BCUT2D eigenvalue weighted by molar-refractivity contribution is 0.401. The van der Waals surface area contributed by atoms with Crippen LogP contribution in [0.3, 0.4) is 0 Å². The minimum Gasteiger partial charge on any atom is -0.497 e. The van der Waals surface area contributed by atoms with Gasteiger partial charge in [0, 0.05) is 23.5 Å². The molecular weight excluding hydrogens is 340 g/mol. The van der Waals surface area contributed by atoms with Gasteiger partial charge in [-0.2, -0.15) is 5.26 Å². The first-order chi connectivity index (χ1) is 13.2. The molecule has 0 radical (unpaired) electrons. The molecule has 0 aliphatic carbocycles. The van der Waals surface area contributed by atoms with Crippen LogP contribution < -0.4 is 9.47 Å². The molecule has 6 heteroatoms. The van der Waals surface area contributed by atoms with Crippen LogP contribution in [0, 0.1) is 11.3 Å². The van der Waals surface area contributed by atoms with Crippen LogP contribution in [0.25, 0.3) is 28.2 Å². The summed E-state index contributed by atoms with van der Waals surface area (Å²) in [5.74, 6) is 1.22. The third kappa shape index (κ3) is 2.85. The van der Waals surface area contributed by atoms with Crippen LogP contribution >= 0.6 is 0 Å². The number of benzene rings is 2. The van der Waals surface area contributed by atoms with Gasteiger partial charge in [-0.3, -0.25) is 4.40 Å². The van der Waals surface area contributed by atoms with Gasteiger partial charge in [0.15, 0.2) is 0 Å². The summed E-state index contributed by atoms with van der Waals surface area (Å²) < 4.78 is 12.7. The van der Waals surface area contributed by atoms with E-state index in [0.717, 1.165) is 28.3 Å². The summed E-state index contributed by atoms with van der Waals surface area (Å²) in [6.07, 6.45) is 3.60. The van der Waals surface area contributed by atoms with Crippen molar-refractivity contribution < 1.29 is 9.47 Å². The van der Waals surface area contributed by atoms with E-state index < -0.39 is 0 Å². The van der Waals surface area contributed by atoms with Crippen LogP contribution in [-0.2, 0) is 0 Å². The van der Waals surface area contributed by atoms with Gasteiger partial charge in [-0.25, -0.2) is 9.97 Å². The molecular formula is C21H16N4O2. The van der Waals surface area contributed by atoms with Crippen molar-refractivity contribution in [2.24, 2.45) is 0 Å². The van der Waals surface area contributed by atoms with Gasteiger partial charge in [0.25, 0.3) is 5.88 Å². The molecule has 2 heterocycles. The Kier molecular flexibility index (Phi) is 4.19. The number of aromatic nitrogens is 3. The van der Waals surface area contributed by atoms with E-state index in [1.165, 1.54) is 0 Å². The highest BCUT2D eigenvalue weighted by atomic mass is 16.5. The average Bonchev–Trinajstić information content (AvgIpc) is 3.22. The van der Waals surface area contributed by atoms with Gasteiger partial charge in [0.2, 0.25) is 5.65 Å². The number of methoxy groups -OCH3 is 2. The predicted molar refractivity (Wildman–Crippen MR) is 102 cm³/mol. The monoisotopic (exact) mass is 356 g/mol. The van der Waals surface area contributed by atoms with Crippen molar-refractivity contribution in [1.29, 1.82) is 5.26 Å². The van der Waals surface area contributed by atoms with Crippen LogP contribution in [0.1, 0.15) is 5.56 Å². The lowest BCUT2D eigenvalue weighted by atomic mass is 10.0. The first-order valence-corrected chi connectivity index (χ1v) is 8.31. The normalized spacial score (nSPS) is 10.6. The molecule has 4 rings (SSSR count). The molecule has 2 aromatic carbocycles. The van der Waals surface area contributed by atoms with E-state index in [4.69, 9.17) is 19.7 Å². The molecule has 0 saturated heterocycles. The molecule has 0 unspecified atom stereocenters. The predicted octanol–water partition coefficient (Wildman–Crippen LogP) is 3.95. The summed E-state index contributed by atoms with van der Waals surface area (Å²) in [6.45, 7) is 0. The van der Waals surface area contributed by atoms with Gasteiger partial charge < -0.3 is 9.47 Å². The molecule has 0 fully saturated rings. The fourth-order valence-corrected chi connectivity index (χ4v) is 3.03. The Labute approximate surface area is 156 Å². The molecule has 0 atom stereocenters. The maximum atomic E-state index is 9.07. The number of fused-ring (bicyclic) bond motifs is 1. The fourth-order valence-electron chi connectivity index (χ4n) is 3.03. The lowest BCUT2D eigenvalue weighted by Crippen LogP contribution is -2.02. The molecule has 0 bridgehead atoms. The number of nitrogens with zero attached hydrogens (tertiary/aromatic N) is 4. The second-order valence-electron chi connectivity index (χ2n) is 5.86. The summed E-state index contributed by atoms with van der Waals surface area (Å²) in [5, 5.41) is 9.07. The molecule has 0 saturated carbocycles. The molecule has 0 amide bonds. The van der Waals surface area contributed by atoms with Crippen molar-refractivity contribution in [2.45, 2.75) is 0 Å². The molecule has 0 aliphatic rings. The van der Waals surface area contributed by atoms with Gasteiger partial charge in [-0.05, 0) is 36.4 Å². The van der Waals surface area contributed by atoms with Crippen LogP contribution in [0.5, 0.6) is 11.6 Å². The van der Waals surface area contributed by atoms with Crippen LogP contribution in [0.2, 0.25) is 0 Å². The van der Waals surface area contributed by atoms with Crippen LogP contribution in [0.4, 0.5) is 0 Å². The summed E-state index contributed by atoms with van der Waals surface area (Å²) in [4.78, 5) is 9.10. The SMILES string of the molecule is COc1ccc(-c2c(-c3ccc(C#N)cc3)nc(OC)c3nccn23)cc1. The topological polar surface area (TPSA) is 72.4 Å². The Morgan fingerprint density at radius 3 is 2.26 bits per heavy atom. The highest BCUT2D eigenvalue weighted by Gasteiger charge is 2.18. The van der Waals surface area contributed by atoms with Crippen LogP contribution in [0.15, 0.2) is 60.9 Å². The fraction of sp³-hybridized carbons (Fsp3) is 0.0952. The van der Waals surface area contributed by atoms with Crippen molar-refractivity contribution in [1.82, 2.24) is 14.4 Å². The largest absolute Gasteiger partial charge is 0.497 e. The van der Waals surface area contributed by atoms with Crippen molar-refractivity contribution in [3.05, 3.63) is 66.5 Å². The van der Waals surface area contributed by atoms with E-state index in [1.807, 2.05) is 47.0 Å². The van der Waals surface area contributed by atoms with Crippen molar-refractivity contribution >= 4 is 5.65 Å². The second-order valence-corrected chi connectivity index (χ2v) is 5.86. The average molecular weight is 356 g/mol. The number of imidazole rings is 1. The molecule has 0 N–H and O–H groups in total. The number of ether oxygens (including phenoxy) is 2. The molecule has 4 aromatic rings. The highest BCUT2D eigenvalue weighted by Crippen LogP contribution is 2.35. The maximum Gasteiger partial charge on any atom is 0.258 e. The molecule has 27 heavy (non-hydrogen) atoms. The summed E-state index contributed by atoms with van der Waals surface area (Å²) in [5.41, 5.74) is 4.71. The second kappa shape index (κ2) is 6.81. The van der Waals surface area contributed by atoms with E-state index in [0.29, 0.717) is 17.1 Å². The van der Waals surface area contributed by atoms with Crippen molar-refractivity contribution in [2.75, 3.05) is 14.2 Å². The highest BCUT2D eigenvalue weighted by molar-refractivity contribution is 5.81. The first-order valence-electron chi connectivity index (χ1n) is 8.31. The van der Waals surface area contributed by atoms with Gasteiger partial charge in [-0.15, -0.1) is 0 Å². The van der Waals surface area contributed by atoms with E-state index in [-0.39, 0.29) is 0 Å². The Morgan fingerprint density at radius 1 is 0.926 bits per heavy atom. The van der Waals surface area contributed by atoms with Gasteiger partial charge in [0.1, 0.15) is 5.75 Å². The Balaban J connectivity index is 2.01. The van der Waals surface area contributed by atoms with Crippen molar-refractivity contribution in [3.63, 3.8) is 0 Å². The van der Waals surface area contributed by atoms with Gasteiger partial charge in [0.05, 0.1) is 37.2 Å². The van der Waals surface area contributed by atoms with Gasteiger partial charge >= 0.3 is 0 Å². The molecule has 0 spiro atoms. The zero-order valence-electron chi connectivity index (χ0n) is 14.9. The molecule has 2 aromatic heterocycles. The van der Waals surface area contributed by atoms with Crippen LogP contribution in [-0.4, -0.2) is 28.6 Å². The first kappa shape index (κ1) is 16.6. The number of nitriles is 1. The van der Waals surface area contributed by atoms with E-state index in [2.05, 4.69) is 11.1 Å². The third-order valence-electron chi connectivity index (χ3n) is 4.35. The zero-order valence-corrected chi connectivity index (χ0v) is 14.9. The van der Waals surface area contributed by atoms with E-state index >= 15 is 0 Å². The van der Waals surface area contributed by atoms with Gasteiger partial charge in [-0.1, -0.05) is 12.1 Å². The Hall–Kier alpha value is -3.85. The lowest BCUT2D eigenvalue weighted by Gasteiger charge is -2.15. The molecule has 6 nitrogen and oxygen atoms in total. The quantitative estimate of drug-likeness (QED) is 0.553. The Morgan fingerprint density at radius 2 is 1.63 bits per heavy atom. The zero-order chi connectivity index (χ0) is 18.8. The summed E-state index contributed by atoms with van der Waals surface area (Å²) in [7, 11) is 3.22. The van der Waals surface area contributed by atoms with Crippen molar-refractivity contribution in [3.8, 4) is 40.2 Å². The van der Waals surface area contributed by atoms with E-state index in [1.54, 1.807) is 32.5 Å². The summed E-state index contributed by atoms with van der Waals surface area (Å²) >= 11 is 0. The minimum atomic E-state index is 0.441. The Bertz CT molecular complexity index is 1140. The number of rotatable bonds is 4. The maximum absolute atomic E-state index is 9.07. The third-order valence-corrected chi connectivity index (χ3v) is 4.35.